The molecule has 0 atom stereocenters. The number of hydrogen-bond donors (Lipinski definition) is 0. The summed E-state index contributed by atoms with van der Waals surface area (Å²) in [5, 5.41) is 0.674. The minimum absolute atomic E-state index is 0.263. The van der Waals surface area contributed by atoms with Gasteiger partial charge in [-0.05, 0) is 42.7 Å². The van der Waals surface area contributed by atoms with E-state index in [1.54, 1.807) is 0 Å². The average molecular weight is 464 g/mol. The number of thiazole rings is 1. The summed E-state index contributed by atoms with van der Waals surface area (Å²) in [5.41, 5.74) is 1.84. The number of ether oxygens (including phenoxy) is 2. The maximum absolute atomic E-state index is 12.8. The number of halogens is 3. The lowest BCUT2D eigenvalue weighted by Crippen LogP contribution is -2.03. The summed E-state index contributed by atoms with van der Waals surface area (Å²) < 4.78 is 49.1. The van der Waals surface area contributed by atoms with Crippen LogP contribution in [0.2, 0.25) is 0 Å². The smallest absolute Gasteiger partial charge is 0.416 e. The number of hydrogen-bond acceptors (Lipinski definition) is 5. The summed E-state index contributed by atoms with van der Waals surface area (Å²) in [6, 6.07) is 12.6. The molecule has 3 rings (SSSR count). The topological polar surface area (TPSA) is 48.4 Å². The number of esters is 1. The van der Waals surface area contributed by atoms with Gasteiger partial charge in [0.05, 0.1) is 23.2 Å². The summed E-state index contributed by atoms with van der Waals surface area (Å²) >= 11 is 1.43. The van der Waals surface area contributed by atoms with Gasteiger partial charge in [0.2, 0.25) is 0 Å². The van der Waals surface area contributed by atoms with Crippen LogP contribution in [0.5, 0.6) is 5.75 Å². The Bertz CT molecular complexity index is 1050. The summed E-state index contributed by atoms with van der Waals surface area (Å²) in [6.07, 6.45) is -1.85. The fourth-order valence-electron chi connectivity index (χ4n) is 3.14. The Morgan fingerprint density at radius 2 is 1.84 bits per heavy atom. The zero-order chi connectivity index (χ0) is 23.1. The van der Waals surface area contributed by atoms with E-state index < -0.39 is 11.7 Å². The first-order valence-corrected chi connectivity index (χ1v) is 11.1. The van der Waals surface area contributed by atoms with Crippen LogP contribution >= 0.6 is 11.3 Å². The van der Waals surface area contributed by atoms with Gasteiger partial charge in [0.25, 0.3) is 0 Å². The molecule has 0 bridgehead atoms. The number of benzene rings is 2. The van der Waals surface area contributed by atoms with E-state index in [9.17, 15) is 18.0 Å². The second kappa shape index (κ2) is 10.6. The van der Waals surface area contributed by atoms with Crippen molar-refractivity contribution in [1.29, 1.82) is 0 Å². The molecule has 0 aliphatic rings. The van der Waals surface area contributed by atoms with E-state index in [0.717, 1.165) is 41.1 Å². The molecule has 8 heteroatoms. The number of alkyl halides is 3. The molecule has 2 aromatic carbocycles. The number of methoxy groups -OCH3 is 1. The predicted molar refractivity (Wildman–Crippen MR) is 118 cm³/mol. The second-order valence-corrected chi connectivity index (χ2v) is 8.31. The summed E-state index contributed by atoms with van der Waals surface area (Å²) in [5.74, 6) is 0.417. The maximum Gasteiger partial charge on any atom is 0.416 e. The van der Waals surface area contributed by atoms with E-state index in [4.69, 9.17) is 4.74 Å². The Morgan fingerprint density at radius 1 is 1.09 bits per heavy atom. The first kappa shape index (κ1) is 23.8. The molecule has 0 fully saturated rings. The molecule has 0 saturated carbocycles. The Morgan fingerprint density at radius 3 is 2.50 bits per heavy atom. The molecule has 170 valence electrons. The van der Waals surface area contributed by atoms with Crippen LogP contribution in [0, 0.1) is 0 Å². The first-order chi connectivity index (χ1) is 15.3. The van der Waals surface area contributed by atoms with Crippen LogP contribution in [-0.2, 0) is 35.2 Å². The van der Waals surface area contributed by atoms with Crippen molar-refractivity contribution in [2.45, 2.75) is 45.4 Å². The highest BCUT2D eigenvalue weighted by atomic mass is 32.1. The lowest BCUT2D eigenvalue weighted by atomic mass is 10.1. The molecular weight excluding hydrogens is 439 g/mol. The van der Waals surface area contributed by atoms with Gasteiger partial charge >= 0.3 is 12.1 Å². The van der Waals surface area contributed by atoms with E-state index in [-0.39, 0.29) is 5.97 Å². The molecule has 0 unspecified atom stereocenters. The fourth-order valence-corrected chi connectivity index (χ4v) is 4.17. The van der Waals surface area contributed by atoms with Crippen molar-refractivity contribution in [3.63, 3.8) is 0 Å². The van der Waals surface area contributed by atoms with E-state index >= 15 is 0 Å². The third-order valence-electron chi connectivity index (χ3n) is 4.84. The van der Waals surface area contributed by atoms with Gasteiger partial charge in [0, 0.05) is 12.0 Å². The molecule has 0 saturated heterocycles. The third-order valence-corrected chi connectivity index (χ3v) is 5.96. The Balaban J connectivity index is 1.73. The zero-order valence-corrected chi connectivity index (χ0v) is 18.7. The Kier molecular flexibility index (Phi) is 7.90. The van der Waals surface area contributed by atoms with E-state index in [1.165, 1.54) is 30.6 Å². The van der Waals surface area contributed by atoms with Crippen molar-refractivity contribution in [3.8, 4) is 16.3 Å². The van der Waals surface area contributed by atoms with Gasteiger partial charge in [-0.25, -0.2) is 4.98 Å². The monoisotopic (exact) mass is 463 g/mol. The van der Waals surface area contributed by atoms with Crippen molar-refractivity contribution in [2.24, 2.45) is 0 Å². The minimum atomic E-state index is -4.36. The number of carbonyl (C=O) groups excluding carboxylic acids is 1. The van der Waals surface area contributed by atoms with Crippen LogP contribution in [0.1, 0.15) is 41.5 Å². The molecule has 3 aromatic rings. The van der Waals surface area contributed by atoms with E-state index in [0.29, 0.717) is 35.8 Å². The van der Waals surface area contributed by atoms with E-state index in [2.05, 4.69) is 9.72 Å². The molecule has 1 aromatic heterocycles. The van der Waals surface area contributed by atoms with Gasteiger partial charge < -0.3 is 9.47 Å². The SMILES string of the molecule is CCCc1nc(-c2ccc(C(F)(F)F)cc2)sc1COc1cccc(CCC(=O)OC)c1. The molecule has 1 heterocycles. The molecule has 0 radical (unpaired) electrons. The quantitative estimate of drug-likeness (QED) is 0.342. The van der Waals surface area contributed by atoms with Gasteiger partial charge in [-0.2, -0.15) is 13.2 Å². The predicted octanol–water partition coefficient (Wildman–Crippen LogP) is 6.47. The van der Waals surface area contributed by atoms with Crippen molar-refractivity contribution in [2.75, 3.05) is 7.11 Å². The lowest BCUT2D eigenvalue weighted by molar-refractivity contribution is -0.140. The first-order valence-electron chi connectivity index (χ1n) is 10.2. The molecular formula is C24H24F3NO3S. The van der Waals surface area contributed by atoms with Gasteiger partial charge in [-0.3, -0.25) is 4.79 Å². The number of nitrogens with zero attached hydrogens (tertiary/aromatic N) is 1. The zero-order valence-electron chi connectivity index (χ0n) is 17.9. The van der Waals surface area contributed by atoms with Crippen molar-refractivity contribution in [3.05, 3.63) is 70.2 Å². The summed E-state index contributed by atoms with van der Waals surface area (Å²) in [4.78, 5) is 17.0. The maximum atomic E-state index is 12.8. The standard InChI is InChI=1S/C24H24F3NO3S/c1-3-5-20-21(15-31-19-7-4-6-16(14-19)8-13-22(29)30-2)32-23(28-20)17-9-11-18(12-10-17)24(25,26)27/h4,6-7,9-12,14H,3,5,8,13,15H2,1-2H3. The fraction of sp³-hybridized carbons (Fsp3) is 0.333. The molecule has 32 heavy (non-hydrogen) atoms. The van der Waals surface area contributed by atoms with Crippen LogP contribution in [0.3, 0.4) is 0 Å². The summed E-state index contributed by atoms with van der Waals surface area (Å²) in [7, 11) is 1.36. The number of aromatic nitrogens is 1. The van der Waals surface area contributed by atoms with Gasteiger partial charge in [-0.15, -0.1) is 11.3 Å². The highest BCUT2D eigenvalue weighted by molar-refractivity contribution is 7.15. The van der Waals surface area contributed by atoms with Crippen LogP contribution in [-0.4, -0.2) is 18.1 Å². The van der Waals surface area contributed by atoms with Gasteiger partial charge in [0.15, 0.2) is 0 Å². The largest absolute Gasteiger partial charge is 0.488 e. The molecule has 0 aliphatic heterocycles. The van der Waals surface area contributed by atoms with Crippen molar-refractivity contribution >= 4 is 17.3 Å². The second-order valence-electron chi connectivity index (χ2n) is 7.23. The van der Waals surface area contributed by atoms with Gasteiger partial charge in [-0.1, -0.05) is 37.6 Å². The van der Waals surface area contributed by atoms with Crippen molar-refractivity contribution in [1.82, 2.24) is 4.98 Å². The number of aryl methyl sites for hydroxylation is 2. The Hall–Kier alpha value is -2.87. The highest BCUT2D eigenvalue weighted by Gasteiger charge is 2.30. The van der Waals surface area contributed by atoms with Crippen LogP contribution < -0.4 is 4.74 Å². The normalized spacial score (nSPS) is 11.4. The molecule has 0 spiro atoms. The molecule has 0 N–H and O–H groups in total. The lowest BCUT2D eigenvalue weighted by Gasteiger charge is -2.08. The third kappa shape index (κ3) is 6.32. The summed E-state index contributed by atoms with van der Waals surface area (Å²) in [6.45, 7) is 2.36. The Labute approximate surface area is 189 Å². The molecule has 0 aliphatic carbocycles. The van der Waals surface area contributed by atoms with Gasteiger partial charge in [0.1, 0.15) is 17.4 Å². The minimum Gasteiger partial charge on any atom is -0.488 e. The van der Waals surface area contributed by atoms with E-state index in [1.807, 2.05) is 31.2 Å². The molecule has 0 amide bonds. The van der Waals surface area contributed by atoms with Crippen LogP contribution in [0.4, 0.5) is 13.2 Å². The molecule has 4 nitrogen and oxygen atoms in total. The van der Waals surface area contributed by atoms with Crippen LogP contribution in [0.25, 0.3) is 10.6 Å². The van der Waals surface area contributed by atoms with Crippen molar-refractivity contribution < 1.29 is 27.4 Å². The number of rotatable bonds is 9. The average Bonchev–Trinajstić information content (AvgIpc) is 3.19. The highest BCUT2D eigenvalue weighted by Crippen LogP contribution is 2.33. The number of carbonyl (C=O) groups is 1. The van der Waals surface area contributed by atoms with Crippen LogP contribution in [0.15, 0.2) is 48.5 Å².